The molecule has 8 nitrogen and oxygen atoms in total. The smallest absolute Gasteiger partial charge is 0.271 e. The molecule has 1 aliphatic rings. The predicted molar refractivity (Wildman–Crippen MR) is 117 cm³/mol. The summed E-state index contributed by atoms with van der Waals surface area (Å²) in [5.74, 6) is -1.32. The van der Waals surface area contributed by atoms with Gasteiger partial charge >= 0.3 is 0 Å². The topological polar surface area (TPSA) is 100.0 Å². The summed E-state index contributed by atoms with van der Waals surface area (Å²) >= 11 is 6.13. The molecule has 0 spiro atoms. The van der Waals surface area contributed by atoms with Crippen LogP contribution < -0.4 is 11.1 Å². The van der Waals surface area contributed by atoms with Gasteiger partial charge in [0.2, 0.25) is 0 Å². The third kappa shape index (κ3) is 3.61. The Hall–Kier alpha value is -3.69. The normalized spacial score (nSPS) is 13.1. The number of benzene rings is 2. The molecule has 0 radical (unpaired) electrons. The van der Waals surface area contributed by atoms with Crippen LogP contribution >= 0.6 is 11.6 Å². The van der Waals surface area contributed by atoms with Gasteiger partial charge in [-0.15, -0.1) is 0 Å². The van der Waals surface area contributed by atoms with Crippen molar-refractivity contribution < 1.29 is 13.9 Å². The second-order valence-corrected chi connectivity index (χ2v) is 7.68. The van der Waals surface area contributed by atoms with E-state index in [9.17, 15) is 9.18 Å². The summed E-state index contributed by atoms with van der Waals surface area (Å²) in [4.78, 5) is 11.9. The summed E-state index contributed by atoms with van der Waals surface area (Å²) in [6.07, 6.45) is 4.10. The fraction of sp³-hybridized carbons (Fsp3) is 0.136. The Morgan fingerprint density at radius 3 is 2.78 bits per heavy atom. The Bertz CT molecular complexity index is 1290. The summed E-state index contributed by atoms with van der Waals surface area (Å²) < 4.78 is 22.9. The number of aromatic nitrogens is 4. The Balaban J connectivity index is 1.45. The molecule has 0 fully saturated rings. The molecule has 3 N–H and O–H groups in total. The van der Waals surface area contributed by atoms with E-state index in [4.69, 9.17) is 22.1 Å². The molecule has 0 aliphatic carbocycles. The van der Waals surface area contributed by atoms with Gasteiger partial charge in [0.15, 0.2) is 5.69 Å². The maximum absolute atomic E-state index is 14.3. The summed E-state index contributed by atoms with van der Waals surface area (Å²) in [7, 11) is 0. The monoisotopic (exact) mass is 452 g/mol. The Morgan fingerprint density at radius 1 is 1.22 bits per heavy atom. The number of para-hydroxylation sites is 1. The summed E-state index contributed by atoms with van der Waals surface area (Å²) in [5, 5.41) is 11.9. The van der Waals surface area contributed by atoms with Crippen molar-refractivity contribution in [3.05, 3.63) is 82.6 Å². The van der Waals surface area contributed by atoms with Crippen LogP contribution in [0.3, 0.4) is 0 Å². The van der Waals surface area contributed by atoms with Crippen molar-refractivity contribution in [3.8, 4) is 11.4 Å². The van der Waals surface area contributed by atoms with E-state index < -0.39 is 11.7 Å². The zero-order chi connectivity index (χ0) is 22.2. The number of rotatable bonds is 5. The molecule has 0 saturated carbocycles. The Morgan fingerprint density at radius 2 is 2.03 bits per heavy atom. The van der Waals surface area contributed by atoms with Crippen molar-refractivity contribution in [2.75, 3.05) is 11.9 Å². The van der Waals surface area contributed by atoms with Gasteiger partial charge in [-0.3, -0.25) is 4.79 Å². The quantitative estimate of drug-likeness (QED) is 0.480. The minimum absolute atomic E-state index is 0.0328. The lowest BCUT2D eigenvalue weighted by Gasteiger charge is -2.15. The molecular weight excluding hydrogens is 435 g/mol. The highest BCUT2D eigenvalue weighted by Gasteiger charge is 2.19. The number of carbonyl (C=O) groups excluding carboxylic acids is 1. The number of nitrogens with one attached hydrogen (secondary N) is 1. The van der Waals surface area contributed by atoms with E-state index >= 15 is 0 Å². The van der Waals surface area contributed by atoms with E-state index in [1.807, 2.05) is 35.1 Å². The van der Waals surface area contributed by atoms with E-state index in [2.05, 4.69) is 15.5 Å². The number of hydrogen-bond acceptors (Lipinski definition) is 5. The standard InChI is InChI=1S/C22H18ClFN6O2/c23-16-2-1-3-17(24)21(16)29-11-18(20(28-29)22(25)31)27-14-4-6-15(7-5-14)30-19-8-9-32-12-13(19)10-26-30/h1-7,10-11,27H,8-9,12H2,(H2,25,31). The maximum Gasteiger partial charge on any atom is 0.271 e. The van der Waals surface area contributed by atoms with Gasteiger partial charge in [-0.25, -0.2) is 13.8 Å². The zero-order valence-corrected chi connectivity index (χ0v) is 17.5. The Labute approximate surface area is 187 Å². The molecule has 32 heavy (non-hydrogen) atoms. The molecule has 0 atom stereocenters. The minimum Gasteiger partial charge on any atom is -0.376 e. The highest BCUT2D eigenvalue weighted by atomic mass is 35.5. The van der Waals surface area contributed by atoms with Crippen molar-refractivity contribution >= 4 is 28.9 Å². The first-order valence-corrected chi connectivity index (χ1v) is 10.2. The molecule has 0 unspecified atom stereocenters. The number of hydrogen-bond donors (Lipinski definition) is 2. The molecule has 0 saturated heterocycles. The second-order valence-electron chi connectivity index (χ2n) is 7.27. The number of halogens is 2. The van der Waals surface area contributed by atoms with E-state index in [1.54, 1.807) is 0 Å². The van der Waals surface area contributed by atoms with E-state index in [-0.39, 0.29) is 16.4 Å². The molecule has 162 valence electrons. The molecular formula is C22H18ClFN6O2. The number of carbonyl (C=O) groups is 1. The van der Waals surface area contributed by atoms with Gasteiger partial charge in [0.1, 0.15) is 11.5 Å². The van der Waals surface area contributed by atoms with Crippen LogP contribution in [0.5, 0.6) is 0 Å². The van der Waals surface area contributed by atoms with Crippen LogP contribution in [-0.2, 0) is 17.8 Å². The largest absolute Gasteiger partial charge is 0.376 e. The molecule has 1 amide bonds. The Kier molecular flexibility index (Phi) is 5.12. The fourth-order valence-corrected chi connectivity index (χ4v) is 3.93. The van der Waals surface area contributed by atoms with Gasteiger partial charge in [0.25, 0.3) is 5.91 Å². The number of nitrogens with two attached hydrogens (primary N) is 1. The number of nitrogens with zero attached hydrogens (tertiary/aromatic N) is 4. The van der Waals surface area contributed by atoms with Crippen LogP contribution in [0.25, 0.3) is 11.4 Å². The van der Waals surface area contributed by atoms with Gasteiger partial charge in [0.05, 0.1) is 47.7 Å². The summed E-state index contributed by atoms with van der Waals surface area (Å²) in [6, 6.07) is 11.8. The van der Waals surface area contributed by atoms with Crippen molar-refractivity contribution in [2.45, 2.75) is 13.0 Å². The third-order valence-corrected chi connectivity index (χ3v) is 5.51. The van der Waals surface area contributed by atoms with Crippen molar-refractivity contribution in [2.24, 2.45) is 5.73 Å². The number of fused-ring (bicyclic) bond motifs is 1. The lowest BCUT2D eigenvalue weighted by Crippen LogP contribution is -2.14. The molecule has 10 heteroatoms. The van der Waals surface area contributed by atoms with Gasteiger partial charge < -0.3 is 15.8 Å². The first kappa shape index (κ1) is 20.2. The average molecular weight is 453 g/mol. The van der Waals surface area contributed by atoms with Crippen LogP contribution in [0.4, 0.5) is 15.8 Å². The van der Waals surface area contributed by atoms with Crippen LogP contribution in [0.1, 0.15) is 21.7 Å². The predicted octanol–water partition coefficient (Wildman–Crippen LogP) is 3.77. The van der Waals surface area contributed by atoms with E-state index in [0.29, 0.717) is 24.6 Å². The fourth-order valence-electron chi connectivity index (χ4n) is 3.68. The van der Waals surface area contributed by atoms with Gasteiger partial charge in [-0.05, 0) is 36.4 Å². The number of amides is 1. The van der Waals surface area contributed by atoms with E-state index in [1.165, 1.54) is 29.1 Å². The lowest BCUT2D eigenvalue weighted by molar-refractivity contribution is 0.0996. The van der Waals surface area contributed by atoms with Crippen molar-refractivity contribution in [1.82, 2.24) is 19.6 Å². The van der Waals surface area contributed by atoms with Crippen molar-refractivity contribution in [3.63, 3.8) is 0 Å². The average Bonchev–Trinajstić information content (AvgIpc) is 3.39. The third-order valence-electron chi connectivity index (χ3n) is 5.20. The SMILES string of the molecule is NC(=O)c1nn(-c2c(F)cccc2Cl)cc1Nc1ccc(-n2ncc3c2CCOC3)cc1. The first-order chi connectivity index (χ1) is 15.5. The van der Waals surface area contributed by atoms with Crippen LogP contribution in [0.15, 0.2) is 54.9 Å². The first-order valence-electron chi connectivity index (χ1n) is 9.86. The number of ether oxygens (including phenoxy) is 1. The van der Waals surface area contributed by atoms with Crippen LogP contribution in [-0.4, -0.2) is 32.1 Å². The highest BCUT2D eigenvalue weighted by molar-refractivity contribution is 6.32. The second kappa shape index (κ2) is 8.10. The van der Waals surface area contributed by atoms with Crippen LogP contribution in [0.2, 0.25) is 5.02 Å². The molecule has 1 aliphatic heterocycles. The van der Waals surface area contributed by atoms with Gasteiger partial charge in [0, 0.05) is 17.7 Å². The molecule has 4 aromatic rings. The minimum atomic E-state index is -0.749. The van der Waals surface area contributed by atoms with Crippen molar-refractivity contribution in [1.29, 1.82) is 0 Å². The summed E-state index contributed by atoms with van der Waals surface area (Å²) in [6.45, 7) is 1.24. The van der Waals surface area contributed by atoms with Gasteiger partial charge in [-0.1, -0.05) is 17.7 Å². The molecule has 3 heterocycles. The maximum atomic E-state index is 14.3. The lowest BCUT2D eigenvalue weighted by atomic mass is 10.1. The molecule has 0 bridgehead atoms. The van der Waals surface area contributed by atoms with Gasteiger partial charge in [-0.2, -0.15) is 10.2 Å². The van der Waals surface area contributed by atoms with Crippen LogP contribution in [0, 0.1) is 5.82 Å². The highest BCUT2D eigenvalue weighted by Crippen LogP contribution is 2.28. The molecule has 5 rings (SSSR count). The molecule has 2 aromatic carbocycles. The zero-order valence-electron chi connectivity index (χ0n) is 16.8. The number of anilines is 2. The van der Waals surface area contributed by atoms with E-state index in [0.717, 1.165) is 23.4 Å². The number of primary amides is 1. The summed E-state index contributed by atoms with van der Waals surface area (Å²) in [5.41, 5.74) is 9.64. The molecule has 2 aromatic heterocycles.